The number of ether oxygens (including phenoxy) is 12. The van der Waals surface area contributed by atoms with Crippen molar-refractivity contribution in [2.45, 2.75) is 18.4 Å². The van der Waals surface area contributed by atoms with E-state index in [2.05, 4.69) is 40.1 Å². The maximum absolute atomic E-state index is 13.8. The maximum Gasteiger partial charge on any atom is 0.313 e. The molecule has 0 saturated heterocycles. The average Bonchev–Trinajstić information content (AvgIpc) is 3.30. The Morgan fingerprint density at radius 1 is 0.431 bits per heavy atom. The first-order chi connectivity index (χ1) is 31.6. The number of azide groups is 3. The molecule has 0 aliphatic rings. The van der Waals surface area contributed by atoms with Gasteiger partial charge in [0, 0.05) is 40.8 Å². The van der Waals surface area contributed by atoms with Gasteiger partial charge in [-0.1, -0.05) is 15.3 Å². The fraction of sp³-hybridized carbons (Fsp3) is 0.778. The van der Waals surface area contributed by atoms with Crippen LogP contribution in [0, 0.1) is 29.1 Å². The summed E-state index contributed by atoms with van der Waals surface area (Å²) in [6, 6.07) is 0. The van der Waals surface area contributed by atoms with Gasteiger partial charge in [0.05, 0.1) is 152 Å². The Kier molecular flexibility index (Phi) is 35.6. The molecule has 1 N–H and O–H groups in total. The van der Waals surface area contributed by atoms with E-state index in [1.54, 1.807) is 0 Å². The van der Waals surface area contributed by atoms with Gasteiger partial charge in [-0.05, 0) is 16.6 Å². The Labute approximate surface area is 370 Å². The molecule has 0 unspecified atom stereocenters. The van der Waals surface area contributed by atoms with Gasteiger partial charge in [-0.15, -0.1) is 0 Å². The molecular formula is C36H55F5N10O14. The zero-order valence-electron chi connectivity index (χ0n) is 35.7. The molecule has 0 aliphatic heterocycles. The van der Waals surface area contributed by atoms with Crippen LogP contribution in [0.2, 0.25) is 0 Å². The van der Waals surface area contributed by atoms with Crippen LogP contribution in [-0.4, -0.2) is 182 Å². The van der Waals surface area contributed by atoms with Crippen molar-refractivity contribution in [1.82, 2.24) is 5.32 Å². The number of halogens is 5. The van der Waals surface area contributed by atoms with E-state index in [9.17, 15) is 31.5 Å². The molecule has 0 saturated carbocycles. The SMILES string of the molecule is [N-]=[N+]=NCCOCCOCCOCC(COCCOCCOCCN=[N+]=[N-])(COCCOCCOCCN=[N+]=[N-])NC(=O)CCOCCOCCC(=O)Oc1c(F)c(F)c(F)c(F)c1F. The van der Waals surface area contributed by atoms with Crippen molar-refractivity contribution in [3.63, 3.8) is 0 Å². The first-order valence-corrected chi connectivity index (χ1v) is 20.0. The fourth-order valence-corrected chi connectivity index (χ4v) is 4.65. The fourth-order valence-electron chi connectivity index (χ4n) is 4.65. The van der Waals surface area contributed by atoms with E-state index in [0.29, 0.717) is 0 Å². The molecule has 0 radical (unpaired) electrons. The molecule has 0 heterocycles. The minimum atomic E-state index is -2.40. The normalized spacial score (nSPS) is 11.9. The molecule has 1 rings (SSSR count). The third-order valence-electron chi connectivity index (χ3n) is 7.65. The zero-order chi connectivity index (χ0) is 47.6. The molecule has 0 aromatic heterocycles. The smallest absolute Gasteiger partial charge is 0.313 e. The van der Waals surface area contributed by atoms with E-state index in [1.807, 2.05) is 0 Å². The predicted molar refractivity (Wildman–Crippen MR) is 213 cm³/mol. The van der Waals surface area contributed by atoms with Gasteiger partial charge in [-0.25, -0.2) is 13.2 Å². The summed E-state index contributed by atoms with van der Waals surface area (Å²) in [5.41, 5.74) is 23.8. The van der Waals surface area contributed by atoms with Crippen LogP contribution >= 0.6 is 0 Å². The lowest BCUT2D eigenvalue weighted by Crippen LogP contribution is -2.59. The second kappa shape index (κ2) is 39.6. The summed E-state index contributed by atoms with van der Waals surface area (Å²) < 4.78 is 133. The third kappa shape index (κ3) is 29.5. The highest BCUT2D eigenvalue weighted by molar-refractivity contribution is 5.77. The van der Waals surface area contributed by atoms with Crippen molar-refractivity contribution in [3.05, 3.63) is 60.4 Å². The molecule has 0 aliphatic carbocycles. The van der Waals surface area contributed by atoms with Crippen LogP contribution < -0.4 is 10.1 Å². The van der Waals surface area contributed by atoms with Crippen molar-refractivity contribution in [2.75, 3.05) is 165 Å². The number of carbonyl (C=O) groups is 2. The number of benzene rings is 1. The quantitative estimate of drug-likeness (QED) is 0.0111. The summed E-state index contributed by atoms with van der Waals surface area (Å²) in [5.74, 6) is -15.0. The van der Waals surface area contributed by atoms with Crippen molar-refractivity contribution in [1.29, 1.82) is 0 Å². The number of amides is 1. The lowest BCUT2D eigenvalue weighted by Gasteiger charge is -2.34. The Morgan fingerprint density at radius 3 is 1.08 bits per heavy atom. The van der Waals surface area contributed by atoms with E-state index in [1.165, 1.54) is 0 Å². The van der Waals surface area contributed by atoms with Crippen molar-refractivity contribution < 1.29 is 88.4 Å². The second-order valence-corrected chi connectivity index (χ2v) is 12.6. The number of esters is 1. The maximum atomic E-state index is 13.8. The summed E-state index contributed by atoms with van der Waals surface area (Å²) in [6.45, 7) is 2.76. The molecule has 0 fully saturated rings. The van der Waals surface area contributed by atoms with Gasteiger partial charge in [0.2, 0.25) is 40.7 Å². The number of carbonyl (C=O) groups excluding carboxylic acids is 2. The van der Waals surface area contributed by atoms with Gasteiger partial charge in [0.15, 0.2) is 0 Å². The summed E-state index contributed by atoms with van der Waals surface area (Å²) in [6.07, 6.45) is -0.747. The first kappa shape index (κ1) is 58.3. The molecule has 0 spiro atoms. The largest absolute Gasteiger partial charge is 0.420 e. The van der Waals surface area contributed by atoms with Gasteiger partial charge >= 0.3 is 5.97 Å². The average molecular weight is 947 g/mol. The second-order valence-electron chi connectivity index (χ2n) is 12.6. The van der Waals surface area contributed by atoms with Crippen molar-refractivity contribution >= 4 is 11.9 Å². The lowest BCUT2D eigenvalue weighted by molar-refractivity contribution is -0.136. The van der Waals surface area contributed by atoms with Crippen LogP contribution in [0.3, 0.4) is 0 Å². The molecule has 29 heteroatoms. The highest BCUT2D eigenvalue weighted by atomic mass is 19.2. The zero-order valence-corrected chi connectivity index (χ0v) is 35.7. The van der Waals surface area contributed by atoms with Gasteiger partial charge < -0.3 is 62.2 Å². The van der Waals surface area contributed by atoms with Crippen LogP contribution in [0.4, 0.5) is 22.0 Å². The monoisotopic (exact) mass is 946 g/mol. The molecular weight excluding hydrogens is 891 g/mol. The number of hydrogen-bond acceptors (Lipinski definition) is 17. The van der Waals surface area contributed by atoms with E-state index in [-0.39, 0.29) is 171 Å². The van der Waals surface area contributed by atoms with Gasteiger partial charge in [0.1, 0.15) is 5.54 Å². The summed E-state index contributed by atoms with van der Waals surface area (Å²) in [7, 11) is 0. The minimum Gasteiger partial charge on any atom is -0.420 e. The van der Waals surface area contributed by atoms with Crippen LogP contribution in [0.25, 0.3) is 31.3 Å². The molecule has 1 aromatic rings. The van der Waals surface area contributed by atoms with Gasteiger partial charge in [0.25, 0.3) is 0 Å². The highest BCUT2D eigenvalue weighted by Gasteiger charge is 2.34. The highest BCUT2D eigenvalue weighted by Crippen LogP contribution is 2.29. The van der Waals surface area contributed by atoms with E-state index in [0.717, 1.165) is 0 Å². The first-order valence-electron chi connectivity index (χ1n) is 20.0. The Bertz CT molecular complexity index is 1510. The minimum absolute atomic E-state index is 0.0586. The van der Waals surface area contributed by atoms with Crippen LogP contribution in [0.15, 0.2) is 15.3 Å². The molecule has 24 nitrogen and oxygen atoms in total. The van der Waals surface area contributed by atoms with E-state index in [4.69, 9.17) is 68.7 Å². The summed E-state index contributed by atoms with van der Waals surface area (Å²) >= 11 is 0. The van der Waals surface area contributed by atoms with Crippen molar-refractivity contribution in [3.8, 4) is 5.75 Å². The van der Waals surface area contributed by atoms with Crippen LogP contribution in [0.5, 0.6) is 5.75 Å². The molecule has 368 valence electrons. The van der Waals surface area contributed by atoms with E-state index >= 15 is 0 Å². The third-order valence-corrected chi connectivity index (χ3v) is 7.65. The Morgan fingerprint density at radius 2 is 0.723 bits per heavy atom. The lowest BCUT2D eigenvalue weighted by atomic mass is 10.0. The number of nitrogens with one attached hydrogen (secondary N) is 1. The van der Waals surface area contributed by atoms with Gasteiger partial charge in [-0.2, -0.15) is 8.78 Å². The molecule has 0 atom stereocenters. The standard InChI is InChI=1S/C36H55F5N10O14/c37-30-31(38)33(40)35(34(41)32(30)39)65-29(53)2-7-55-12-11-54-6-1-28(52)48-36(25-62-22-19-59-16-13-56-8-3-45-49-42,26-63-23-20-60-17-14-57-9-4-46-50-43)27-64-24-21-61-18-15-58-10-5-47-51-44/h1-27H2,(H,48,52). The summed E-state index contributed by atoms with van der Waals surface area (Å²) in [4.78, 5) is 33.1. The van der Waals surface area contributed by atoms with Crippen molar-refractivity contribution in [2.24, 2.45) is 15.3 Å². The van der Waals surface area contributed by atoms with Gasteiger partial charge in [-0.3, -0.25) is 9.59 Å². The number of nitrogens with zero attached hydrogens (tertiary/aromatic N) is 9. The van der Waals surface area contributed by atoms with Crippen LogP contribution in [-0.2, 0) is 61.7 Å². The number of rotatable bonds is 44. The molecule has 1 aromatic carbocycles. The topological polar surface area (TPSA) is 303 Å². The molecule has 65 heavy (non-hydrogen) atoms. The molecule has 1 amide bonds. The van der Waals surface area contributed by atoms with E-state index < -0.39 is 58.7 Å². The molecule has 0 bridgehead atoms. The predicted octanol–water partition coefficient (Wildman–Crippen LogP) is 4.04. The van der Waals surface area contributed by atoms with Crippen LogP contribution in [0.1, 0.15) is 12.8 Å². The Balaban J connectivity index is 2.74. The Hall–Kier alpha value is -4.70. The number of hydrogen-bond donors (Lipinski definition) is 1. The summed E-state index contributed by atoms with van der Waals surface area (Å²) in [5, 5.41) is 13.0.